The summed E-state index contributed by atoms with van der Waals surface area (Å²) in [5, 5.41) is 3.15. The van der Waals surface area contributed by atoms with E-state index in [4.69, 9.17) is 22.7 Å². The molecule has 0 aromatic heterocycles. The second-order valence-electron chi connectivity index (χ2n) is 4.02. The topological polar surface area (TPSA) is 47.3 Å². The fourth-order valence-electron chi connectivity index (χ4n) is 1.75. The number of anilines is 2. The van der Waals surface area contributed by atoms with Crippen LogP contribution in [0.2, 0.25) is 0 Å². The molecule has 2 rings (SSSR count). The van der Waals surface area contributed by atoms with Crippen molar-refractivity contribution in [3.8, 4) is 5.75 Å². The van der Waals surface area contributed by atoms with Gasteiger partial charge in [0, 0.05) is 21.8 Å². The van der Waals surface area contributed by atoms with E-state index < -0.39 is 0 Å². The molecule has 0 aliphatic rings. The van der Waals surface area contributed by atoms with Crippen LogP contribution < -0.4 is 15.8 Å². The number of hydrogen-bond acceptors (Lipinski definition) is 3. The summed E-state index contributed by atoms with van der Waals surface area (Å²) in [4.78, 5) is 0.279. The van der Waals surface area contributed by atoms with Crippen LogP contribution in [0, 0.1) is 5.82 Å². The fourth-order valence-corrected chi connectivity index (χ4v) is 2.29. The van der Waals surface area contributed by atoms with Gasteiger partial charge in [0.1, 0.15) is 16.6 Å². The van der Waals surface area contributed by atoms with Crippen molar-refractivity contribution in [3.63, 3.8) is 0 Å². The Balaban J connectivity index is 2.44. The summed E-state index contributed by atoms with van der Waals surface area (Å²) in [5.41, 5.74) is 7.75. The minimum absolute atomic E-state index is 0.279. The van der Waals surface area contributed by atoms with Crippen LogP contribution >= 0.6 is 28.1 Å². The monoisotopic (exact) mass is 354 g/mol. The van der Waals surface area contributed by atoms with Crippen LogP contribution in [0.3, 0.4) is 0 Å². The molecule has 0 bridgehead atoms. The molecule has 3 N–H and O–H groups in total. The fraction of sp³-hybridized carbons (Fsp3) is 0.0714. The summed E-state index contributed by atoms with van der Waals surface area (Å²) >= 11 is 8.41. The lowest BCUT2D eigenvalue weighted by Crippen LogP contribution is -2.12. The molecule has 0 saturated heterocycles. The van der Waals surface area contributed by atoms with Crippen LogP contribution in [0.1, 0.15) is 5.56 Å². The van der Waals surface area contributed by atoms with E-state index >= 15 is 0 Å². The third-order valence-corrected chi connectivity index (χ3v) is 3.39. The van der Waals surface area contributed by atoms with Crippen LogP contribution in [-0.4, -0.2) is 12.1 Å². The summed E-state index contributed by atoms with van der Waals surface area (Å²) in [7, 11) is 1.48. The van der Waals surface area contributed by atoms with Crippen molar-refractivity contribution in [1.82, 2.24) is 0 Å². The third-order valence-electron chi connectivity index (χ3n) is 2.68. The average molecular weight is 355 g/mol. The number of hydrogen-bond donors (Lipinski definition) is 2. The minimum atomic E-state index is -0.365. The summed E-state index contributed by atoms with van der Waals surface area (Å²) in [6.45, 7) is 0. The number of nitrogens with two attached hydrogens (primary N) is 1. The number of ether oxygens (including phenoxy) is 1. The molecule has 0 aliphatic carbocycles. The average Bonchev–Trinajstić information content (AvgIpc) is 2.40. The van der Waals surface area contributed by atoms with Gasteiger partial charge >= 0.3 is 0 Å². The zero-order valence-electron chi connectivity index (χ0n) is 10.6. The Labute approximate surface area is 130 Å². The van der Waals surface area contributed by atoms with Crippen molar-refractivity contribution >= 4 is 44.5 Å². The van der Waals surface area contributed by atoms with E-state index in [-0.39, 0.29) is 10.8 Å². The lowest BCUT2D eigenvalue weighted by Gasteiger charge is -2.14. The Morgan fingerprint density at radius 3 is 2.65 bits per heavy atom. The van der Waals surface area contributed by atoms with E-state index in [1.54, 1.807) is 6.07 Å². The van der Waals surface area contributed by atoms with E-state index in [0.29, 0.717) is 17.0 Å². The largest absolute Gasteiger partial charge is 0.494 e. The van der Waals surface area contributed by atoms with Crippen LogP contribution in [0.25, 0.3) is 0 Å². The van der Waals surface area contributed by atoms with Gasteiger partial charge in [-0.25, -0.2) is 4.39 Å². The lowest BCUT2D eigenvalue weighted by molar-refractivity contribution is 0.413. The van der Waals surface area contributed by atoms with Crippen LogP contribution in [0.4, 0.5) is 15.8 Å². The third kappa shape index (κ3) is 3.26. The van der Waals surface area contributed by atoms with Gasteiger partial charge < -0.3 is 15.8 Å². The van der Waals surface area contributed by atoms with Gasteiger partial charge in [-0.2, -0.15) is 0 Å². The number of nitrogens with one attached hydrogen (secondary N) is 1. The van der Waals surface area contributed by atoms with Crippen molar-refractivity contribution in [2.75, 3.05) is 12.4 Å². The number of halogens is 2. The first kappa shape index (κ1) is 14.7. The summed E-state index contributed by atoms with van der Waals surface area (Å²) < 4.78 is 19.2. The Bertz CT molecular complexity index is 664. The second-order valence-corrected chi connectivity index (χ2v) is 5.38. The molecule has 20 heavy (non-hydrogen) atoms. The highest BCUT2D eigenvalue weighted by molar-refractivity contribution is 9.10. The van der Waals surface area contributed by atoms with Gasteiger partial charge in [-0.15, -0.1) is 0 Å². The first-order chi connectivity index (χ1) is 9.51. The Morgan fingerprint density at radius 2 is 2.00 bits per heavy atom. The lowest BCUT2D eigenvalue weighted by atomic mass is 10.1. The van der Waals surface area contributed by atoms with Crippen molar-refractivity contribution in [1.29, 1.82) is 0 Å². The quantitative estimate of drug-likeness (QED) is 0.815. The molecule has 0 heterocycles. The van der Waals surface area contributed by atoms with Gasteiger partial charge in [0.05, 0.1) is 12.8 Å². The highest BCUT2D eigenvalue weighted by Gasteiger charge is 2.10. The predicted octanol–water partition coefficient (Wildman–Crippen LogP) is 3.97. The molecule has 6 heteroatoms. The minimum Gasteiger partial charge on any atom is -0.494 e. The summed E-state index contributed by atoms with van der Waals surface area (Å²) in [6, 6.07) is 9.76. The molecular formula is C14H12BrFN2OS. The first-order valence-corrected chi connectivity index (χ1v) is 6.91. The number of methoxy groups -OCH3 is 1. The number of thiocarbonyl (C=S) groups is 1. The zero-order chi connectivity index (χ0) is 14.7. The van der Waals surface area contributed by atoms with E-state index in [0.717, 1.165) is 10.2 Å². The van der Waals surface area contributed by atoms with Crippen molar-refractivity contribution in [2.24, 2.45) is 5.73 Å². The van der Waals surface area contributed by atoms with Crippen molar-refractivity contribution in [3.05, 3.63) is 52.3 Å². The predicted molar refractivity (Wildman–Crippen MR) is 86.3 cm³/mol. The van der Waals surface area contributed by atoms with E-state index in [9.17, 15) is 4.39 Å². The molecule has 0 aliphatic heterocycles. The molecule has 0 fully saturated rings. The van der Waals surface area contributed by atoms with Crippen molar-refractivity contribution < 1.29 is 9.13 Å². The second kappa shape index (κ2) is 6.19. The molecule has 0 amide bonds. The Kier molecular flexibility index (Phi) is 4.57. The van der Waals surface area contributed by atoms with Gasteiger partial charge in [-0.05, 0) is 30.3 Å². The molecule has 0 saturated carbocycles. The van der Waals surface area contributed by atoms with Crippen LogP contribution in [0.5, 0.6) is 5.75 Å². The molecule has 2 aromatic carbocycles. The zero-order valence-corrected chi connectivity index (χ0v) is 13.0. The molecule has 0 unspecified atom stereocenters. The molecule has 0 spiro atoms. The normalized spacial score (nSPS) is 10.2. The molecule has 3 nitrogen and oxygen atoms in total. The molecule has 104 valence electrons. The van der Waals surface area contributed by atoms with E-state index in [1.807, 2.05) is 18.2 Å². The van der Waals surface area contributed by atoms with Gasteiger partial charge in [-0.1, -0.05) is 28.1 Å². The SMILES string of the molecule is COc1cc(F)ccc1Nc1cc(Br)ccc1C(N)=S. The van der Waals surface area contributed by atoms with Gasteiger partial charge in [-0.3, -0.25) is 0 Å². The van der Waals surface area contributed by atoms with Gasteiger partial charge in [0.15, 0.2) is 0 Å². The first-order valence-electron chi connectivity index (χ1n) is 5.71. The van der Waals surface area contributed by atoms with Gasteiger partial charge in [0.25, 0.3) is 0 Å². The smallest absolute Gasteiger partial charge is 0.145 e. The molecular weight excluding hydrogens is 343 g/mol. The van der Waals surface area contributed by atoms with Crippen LogP contribution in [-0.2, 0) is 0 Å². The summed E-state index contributed by atoms with van der Waals surface area (Å²) in [6.07, 6.45) is 0. The highest BCUT2D eigenvalue weighted by atomic mass is 79.9. The molecule has 0 radical (unpaired) electrons. The maximum atomic E-state index is 13.2. The maximum Gasteiger partial charge on any atom is 0.145 e. The molecule has 2 aromatic rings. The van der Waals surface area contributed by atoms with Crippen LogP contribution in [0.15, 0.2) is 40.9 Å². The van der Waals surface area contributed by atoms with E-state index in [1.165, 1.54) is 19.2 Å². The maximum absolute atomic E-state index is 13.2. The summed E-state index contributed by atoms with van der Waals surface area (Å²) in [5.74, 6) is 0.0371. The van der Waals surface area contributed by atoms with Gasteiger partial charge in [0.2, 0.25) is 0 Å². The molecule has 0 atom stereocenters. The van der Waals surface area contributed by atoms with Crippen molar-refractivity contribution in [2.45, 2.75) is 0 Å². The Hall–Kier alpha value is -1.66. The highest BCUT2D eigenvalue weighted by Crippen LogP contribution is 2.31. The van der Waals surface area contributed by atoms with E-state index in [2.05, 4.69) is 21.2 Å². The standard InChI is InChI=1S/C14H12BrFN2OS/c1-19-13-7-9(16)3-5-11(13)18-12-6-8(15)2-4-10(12)14(17)20/h2-7,18H,1H3,(H2,17,20). The Morgan fingerprint density at radius 1 is 1.25 bits per heavy atom. The number of benzene rings is 2. The number of rotatable bonds is 4.